The summed E-state index contributed by atoms with van der Waals surface area (Å²) in [4.78, 5) is 0. The summed E-state index contributed by atoms with van der Waals surface area (Å²) in [5.74, 6) is 0. The van der Waals surface area contributed by atoms with Gasteiger partial charge in [0.25, 0.3) is 0 Å². The Hall–Kier alpha value is -0.120. The molecular formula is C8H20N2O. The topological polar surface area (TPSA) is 72.3 Å². The van der Waals surface area contributed by atoms with Crippen molar-refractivity contribution in [1.29, 1.82) is 0 Å². The van der Waals surface area contributed by atoms with Gasteiger partial charge in [-0.15, -0.1) is 0 Å². The SMILES string of the molecule is CCCCC(N)(O)C(N)CC. The highest BCUT2D eigenvalue weighted by molar-refractivity contribution is 4.82. The third-order valence-electron chi connectivity index (χ3n) is 2.01. The van der Waals surface area contributed by atoms with Crippen LogP contribution in [0, 0.1) is 0 Å². The molecule has 0 bridgehead atoms. The predicted molar refractivity (Wildman–Crippen MR) is 46.9 cm³/mol. The molecule has 11 heavy (non-hydrogen) atoms. The van der Waals surface area contributed by atoms with Crippen molar-refractivity contribution in [2.45, 2.75) is 51.3 Å². The number of nitrogens with two attached hydrogens (primary N) is 2. The summed E-state index contributed by atoms with van der Waals surface area (Å²) in [7, 11) is 0. The average molecular weight is 160 g/mol. The van der Waals surface area contributed by atoms with E-state index in [0.29, 0.717) is 6.42 Å². The number of hydrogen-bond acceptors (Lipinski definition) is 3. The summed E-state index contributed by atoms with van der Waals surface area (Å²) in [5.41, 5.74) is 10.0. The maximum Gasteiger partial charge on any atom is 0.128 e. The van der Waals surface area contributed by atoms with Gasteiger partial charge in [-0.2, -0.15) is 0 Å². The molecule has 5 N–H and O–H groups in total. The molecule has 0 amide bonds. The van der Waals surface area contributed by atoms with Crippen LogP contribution in [0.2, 0.25) is 0 Å². The fraction of sp³-hybridized carbons (Fsp3) is 1.00. The molecule has 0 radical (unpaired) electrons. The van der Waals surface area contributed by atoms with Crippen LogP contribution < -0.4 is 11.5 Å². The molecule has 0 aromatic rings. The lowest BCUT2D eigenvalue weighted by atomic mass is 9.97. The number of hydrogen-bond donors (Lipinski definition) is 3. The molecule has 0 saturated heterocycles. The lowest BCUT2D eigenvalue weighted by molar-refractivity contribution is 0.00875. The number of aliphatic hydroxyl groups is 1. The molecule has 2 unspecified atom stereocenters. The van der Waals surface area contributed by atoms with Crippen molar-refractivity contribution in [3.8, 4) is 0 Å². The second-order valence-corrected chi connectivity index (χ2v) is 3.11. The number of rotatable bonds is 5. The van der Waals surface area contributed by atoms with E-state index >= 15 is 0 Å². The summed E-state index contributed by atoms with van der Waals surface area (Å²) < 4.78 is 0. The molecule has 0 aromatic heterocycles. The first-order valence-corrected chi connectivity index (χ1v) is 4.31. The Bertz CT molecular complexity index is 104. The smallest absolute Gasteiger partial charge is 0.128 e. The zero-order chi connectivity index (χ0) is 8.91. The molecule has 0 heterocycles. The van der Waals surface area contributed by atoms with Gasteiger partial charge in [0.15, 0.2) is 0 Å². The highest BCUT2D eigenvalue weighted by Gasteiger charge is 2.26. The molecule has 0 fully saturated rings. The molecule has 0 rings (SSSR count). The second kappa shape index (κ2) is 4.70. The summed E-state index contributed by atoms with van der Waals surface area (Å²) in [6.45, 7) is 3.99. The normalized spacial score (nSPS) is 19.4. The van der Waals surface area contributed by atoms with Gasteiger partial charge in [0.1, 0.15) is 5.72 Å². The summed E-state index contributed by atoms with van der Waals surface area (Å²) >= 11 is 0. The van der Waals surface area contributed by atoms with Crippen LogP contribution in [0.4, 0.5) is 0 Å². The van der Waals surface area contributed by atoms with E-state index in [1.54, 1.807) is 0 Å². The first-order valence-electron chi connectivity index (χ1n) is 4.31. The highest BCUT2D eigenvalue weighted by atomic mass is 16.3. The maximum atomic E-state index is 9.57. The van der Waals surface area contributed by atoms with Crippen LogP contribution in [0.25, 0.3) is 0 Å². The van der Waals surface area contributed by atoms with Crippen LogP contribution in [-0.2, 0) is 0 Å². The molecule has 68 valence electrons. The van der Waals surface area contributed by atoms with Gasteiger partial charge >= 0.3 is 0 Å². The summed E-state index contributed by atoms with van der Waals surface area (Å²) in [6, 6.07) is -0.297. The summed E-state index contributed by atoms with van der Waals surface area (Å²) in [5, 5.41) is 9.57. The van der Waals surface area contributed by atoms with Crippen molar-refractivity contribution in [2.75, 3.05) is 0 Å². The van der Waals surface area contributed by atoms with Crippen LogP contribution in [0.1, 0.15) is 39.5 Å². The Morgan fingerprint density at radius 2 is 2.00 bits per heavy atom. The lowest BCUT2D eigenvalue weighted by Gasteiger charge is -2.28. The molecule has 3 nitrogen and oxygen atoms in total. The molecule has 0 saturated carbocycles. The number of unbranched alkanes of at least 4 members (excludes halogenated alkanes) is 1. The van der Waals surface area contributed by atoms with Crippen LogP contribution in [-0.4, -0.2) is 16.9 Å². The van der Waals surface area contributed by atoms with Gasteiger partial charge < -0.3 is 16.6 Å². The van der Waals surface area contributed by atoms with Crippen molar-refractivity contribution in [3.05, 3.63) is 0 Å². The van der Waals surface area contributed by atoms with Gasteiger partial charge in [-0.05, 0) is 19.3 Å². The van der Waals surface area contributed by atoms with Gasteiger partial charge in [0.2, 0.25) is 0 Å². The fourth-order valence-electron chi connectivity index (χ4n) is 0.999. The average Bonchev–Trinajstić information content (AvgIpc) is 1.99. The van der Waals surface area contributed by atoms with Crippen LogP contribution in [0.5, 0.6) is 0 Å². The molecule has 0 aliphatic rings. The standard InChI is InChI=1S/C8H20N2O/c1-3-5-6-8(10,11)7(9)4-2/h7,11H,3-6,9-10H2,1-2H3. The van der Waals surface area contributed by atoms with Gasteiger partial charge in [0, 0.05) is 6.04 Å². The summed E-state index contributed by atoms with van der Waals surface area (Å²) in [6.07, 6.45) is 3.28. The molecule has 3 heteroatoms. The Kier molecular flexibility index (Phi) is 4.65. The van der Waals surface area contributed by atoms with Crippen molar-refractivity contribution in [3.63, 3.8) is 0 Å². The minimum absolute atomic E-state index is 0.297. The van der Waals surface area contributed by atoms with Crippen LogP contribution >= 0.6 is 0 Å². The van der Waals surface area contributed by atoms with E-state index in [1.807, 2.05) is 6.92 Å². The Morgan fingerprint density at radius 3 is 2.36 bits per heavy atom. The van der Waals surface area contributed by atoms with Gasteiger partial charge in [-0.1, -0.05) is 20.3 Å². The van der Waals surface area contributed by atoms with Gasteiger partial charge in [-0.25, -0.2) is 0 Å². The first kappa shape index (κ1) is 10.9. The molecule has 2 atom stereocenters. The first-order chi connectivity index (χ1) is 5.04. The third kappa shape index (κ3) is 3.70. The minimum Gasteiger partial charge on any atom is -0.374 e. The van der Waals surface area contributed by atoms with Crippen molar-refractivity contribution >= 4 is 0 Å². The largest absolute Gasteiger partial charge is 0.374 e. The quantitative estimate of drug-likeness (QED) is 0.515. The maximum absolute atomic E-state index is 9.57. The van der Waals surface area contributed by atoms with E-state index < -0.39 is 5.72 Å². The van der Waals surface area contributed by atoms with E-state index in [2.05, 4.69) is 6.92 Å². The highest BCUT2D eigenvalue weighted by Crippen LogP contribution is 2.12. The zero-order valence-electron chi connectivity index (χ0n) is 7.51. The molecule has 0 aliphatic heterocycles. The van der Waals surface area contributed by atoms with E-state index in [9.17, 15) is 5.11 Å². The van der Waals surface area contributed by atoms with Crippen LogP contribution in [0.3, 0.4) is 0 Å². The third-order valence-corrected chi connectivity index (χ3v) is 2.01. The van der Waals surface area contributed by atoms with E-state index in [-0.39, 0.29) is 6.04 Å². The van der Waals surface area contributed by atoms with E-state index in [4.69, 9.17) is 11.5 Å². The van der Waals surface area contributed by atoms with Crippen molar-refractivity contribution in [1.82, 2.24) is 0 Å². The predicted octanol–water partition coefficient (Wildman–Crippen LogP) is 0.561. The molecule has 0 spiro atoms. The monoisotopic (exact) mass is 160 g/mol. The van der Waals surface area contributed by atoms with Gasteiger partial charge in [-0.3, -0.25) is 0 Å². The van der Waals surface area contributed by atoms with Crippen molar-refractivity contribution < 1.29 is 5.11 Å². The molecular weight excluding hydrogens is 140 g/mol. The van der Waals surface area contributed by atoms with E-state index in [1.165, 1.54) is 0 Å². The Morgan fingerprint density at radius 1 is 1.45 bits per heavy atom. The van der Waals surface area contributed by atoms with Crippen molar-refractivity contribution in [2.24, 2.45) is 11.5 Å². The zero-order valence-corrected chi connectivity index (χ0v) is 7.51. The lowest BCUT2D eigenvalue weighted by Crippen LogP contribution is -2.54. The fourth-order valence-corrected chi connectivity index (χ4v) is 0.999. The minimum atomic E-state index is -1.16. The van der Waals surface area contributed by atoms with E-state index in [0.717, 1.165) is 19.3 Å². The Labute approximate surface area is 68.8 Å². The second-order valence-electron chi connectivity index (χ2n) is 3.11. The van der Waals surface area contributed by atoms with Crippen LogP contribution in [0.15, 0.2) is 0 Å². The van der Waals surface area contributed by atoms with Gasteiger partial charge in [0.05, 0.1) is 0 Å². The molecule has 0 aliphatic carbocycles. The Balaban J connectivity index is 3.77. The molecule has 0 aromatic carbocycles.